The molecule has 1 aliphatic rings. The molecule has 1 atom stereocenters. The van der Waals surface area contributed by atoms with Crippen LogP contribution in [0, 0.1) is 0 Å². The molecule has 0 saturated carbocycles. The first kappa shape index (κ1) is 8.91. The zero-order chi connectivity index (χ0) is 8.65. The molecule has 1 fully saturated rings. The lowest BCUT2D eigenvalue weighted by Gasteiger charge is -2.31. The van der Waals surface area contributed by atoms with Gasteiger partial charge in [-0.15, -0.1) is 0 Å². The largest absolute Gasteiger partial charge is 0.337 e. The van der Waals surface area contributed by atoms with Crippen molar-refractivity contribution in [3.05, 3.63) is 0 Å². The molecule has 64 valence electrons. The quantitative estimate of drug-likeness (QED) is 0.548. The summed E-state index contributed by atoms with van der Waals surface area (Å²) in [5.74, 6) is 0.234. The molecule has 1 unspecified atom stereocenters. The van der Waals surface area contributed by atoms with Crippen molar-refractivity contribution in [3.8, 4) is 0 Å². The topological polar surface area (TPSA) is 20.3 Å². The van der Waals surface area contributed by atoms with Crippen LogP contribution < -0.4 is 0 Å². The van der Waals surface area contributed by atoms with Gasteiger partial charge in [0.05, 0.1) is 0 Å². The van der Waals surface area contributed by atoms with Gasteiger partial charge in [-0.3, -0.25) is 4.79 Å². The van der Waals surface area contributed by atoms with E-state index in [0.29, 0.717) is 6.42 Å². The van der Waals surface area contributed by atoms with Gasteiger partial charge in [0, 0.05) is 23.8 Å². The van der Waals surface area contributed by atoms with Gasteiger partial charge in [-0.05, 0) is 20.8 Å². The van der Waals surface area contributed by atoms with E-state index in [1.807, 2.05) is 4.90 Å². The van der Waals surface area contributed by atoms with E-state index in [4.69, 9.17) is 0 Å². The molecule has 0 N–H and O–H groups in total. The lowest BCUT2D eigenvalue weighted by Crippen LogP contribution is -2.42. The molecule has 11 heavy (non-hydrogen) atoms. The summed E-state index contributed by atoms with van der Waals surface area (Å²) in [4.78, 5) is 13.2. The molecule has 0 spiro atoms. The lowest BCUT2D eigenvalue weighted by molar-refractivity contribution is -0.131. The average Bonchev–Trinajstić information content (AvgIpc) is 2.08. The Bertz CT molecular complexity index is 173. The summed E-state index contributed by atoms with van der Waals surface area (Å²) in [6.07, 6.45) is 0.598. The smallest absolute Gasteiger partial charge is 0.224 e. The Hall–Kier alpha value is -0.180. The normalized spacial score (nSPS) is 26.4. The van der Waals surface area contributed by atoms with Crippen LogP contribution in [0.2, 0.25) is 0 Å². The number of hydrogen-bond donors (Lipinski definition) is 1. The van der Waals surface area contributed by atoms with Gasteiger partial charge in [-0.2, -0.15) is 12.6 Å². The highest BCUT2D eigenvalue weighted by molar-refractivity contribution is 7.81. The number of nitrogens with zero attached hydrogens (tertiary/aromatic N) is 1. The fourth-order valence-corrected chi connectivity index (χ4v) is 1.66. The Morgan fingerprint density at radius 1 is 1.55 bits per heavy atom. The molecular weight excluding hydrogens is 158 g/mol. The van der Waals surface area contributed by atoms with E-state index in [9.17, 15) is 4.79 Å². The summed E-state index contributed by atoms with van der Waals surface area (Å²) >= 11 is 4.28. The number of likely N-dealkylation sites (tertiary alicyclic amines) is 1. The van der Waals surface area contributed by atoms with Crippen LogP contribution in [0.15, 0.2) is 0 Å². The number of amides is 1. The van der Waals surface area contributed by atoms with Crippen LogP contribution in [0.3, 0.4) is 0 Å². The molecule has 0 aromatic rings. The van der Waals surface area contributed by atoms with E-state index in [0.717, 1.165) is 6.54 Å². The van der Waals surface area contributed by atoms with Crippen LogP contribution in [-0.2, 0) is 4.79 Å². The molecular formula is C8H15NOS. The van der Waals surface area contributed by atoms with Crippen molar-refractivity contribution in [2.45, 2.75) is 38.0 Å². The SMILES string of the molecule is CC(C)(C)N1CC(S)CC1=O. The Labute approximate surface area is 73.4 Å². The van der Waals surface area contributed by atoms with Gasteiger partial charge in [0.25, 0.3) is 0 Å². The van der Waals surface area contributed by atoms with Crippen molar-refractivity contribution in [3.63, 3.8) is 0 Å². The van der Waals surface area contributed by atoms with Crippen LogP contribution >= 0.6 is 12.6 Å². The zero-order valence-electron chi connectivity index (χ0n) is 7.29. The third kappa shape index (κ3) is 1.89. The maximum Gasteiger partial charge on any atom is 0.224 e. The fraction of sp³-hybridized carbons (Fsp3) is 0.875. The van der Waals surface area contributed by atoms with E-state index in [1.54, 1.807) is 0 Å². The third-order valence-electron chi connectivity index (χ3n) is 1.91. The summed E-state index contributed by atoms with van der Waals surface area (Å²) < 4.78 is 0. The van der Waals surface area contributed by atoms with Crippen LogP contribution in [0.1, 0.15) is 27.2 Å². The maximum atomic E-state index is 11.3. The molecule has 2 nitrogen and oxygen atoms in total. The molecule has 3 heteroatoms. The second-order valence-corrected chi connectivity index (χ2v) is 4.76. The van der Waals surface area contributed by atoms with Crippen LogP contribution in [0.4, 0.5) is 0 Å². The standard InChI is InChI=1S/C8H15NOS/c1-8(2,3)9-5-6(11)4-7(9)10/h6,11H,4-5H2,1-3H3. The van der Waals surface area contributed by atoms with Crippen molar-refractivity contribution >= 4 is 18.5 Å². The highest BCUT2D eigenvalue weighted by Gasteiger charge is 2.34. The van der Waals surface area contributed by atoms with Gasteiger partial charge in [0.1, 0.15) is 0 Å². The Morgan fingerprint density at radius 3 is 2.27 bits per heavy atom. The van der Waals surface area contributed by atoms with Crippen LogP contribution in [-0.4, -0.2) is 28.1 Å². The number of carbonyl (C=O) groups excluding carboxylic acids is 1. The van der Waals surface area contributed by atoms with E-state index in [-0.39, 0.29) is 16.7 Å². The van der Waals surface area contributed by atoms with Crippen molar-refractivity contribution in [2.24, 2.45) is 0 Å². The van der Waals surface area contributed by atoms with Gasteiger partial charge in [0.2, 0.25) is 5.91 Å². The first-order valence-electron chi connectivity index (χ1n) is 3.90. The molecule has 0 aromatic heterocycles. The van der Waals surface area contributed by atoms with E-state index in [1.165, 1.54) is 0 Å². The minimum atomic E-state index is -0.0332. The molecule has 1 saturated heterocycles. The monoisotopic (exact) mass is 173 g/mol. The first-order valence-corrected chi connectivity index (χ1v) is 4.41. The Balaban J connectivity index is 2.68. The summed E-state index contributed by atoms with van der Waals surface area (Å²) in [6, 6.07) is 0. The molecule has 1 heterocycles. The third-order valence-corrected chi connectivity index (χ3v) is 2.26. The van der Waals surface area contributed by atoms with Gasteiger partial charge in [0.15, 0.2) is 0 Å². The van der Waals surface area contributed by atoms with Crippen molar-refractivity contribution in [1.82, 2.24) is 4.90 Å². The average molecular weight is 173 g/mol. The summed E-state index contributed by atoms with van der Waals surface area (Å²) in [6.45, 7) is 6.95. The fourth-order valence-electron chi connectivity index (χ4n) is 1.34. The number of carbonyl (C=O) groups is 1. The summed E-state index contributed by atoms with van der Waals surface area (Å²) in [7, 11) is 0. The Morgan fingerprint density at radius 2 is 2.09 bits per heavy atom. The van der Waals surface area contributed by atoms with E-state index in [2.05, 4.69) is 33.4 Å². The second kappa shape index (κ2) is 2.70. The highest BCUT2D eigenvalue weighted by atomic mass is 32.1. The molecule has 1 rings (SSSR count). The molecule has 1 amide bonds. The summed E-state index contributed by atoms with van der Waals surface area (Å²) in [5.41, 5.74) is -0.0332. The van der Waals surface area contributed by atoms with Gasteiger partial charge < -0.3 is 4.90 Å². The van der Waals surface area contributed by atoms with Crippen molar-refractivity contribution in [1.29, 1.82) is 0 Å². The predicted molar refractivity (Wildman–Crippen MR) is 48.9 cm³/mol. The minimum absolute atomic E-state index is 0.0332. The van der Waals surface area contributed by atoms with Crippen molar-refractivity contribution in [2.75, 3.05) is 6.54 Å². The number of rotatable bonds is 0. The van der Waals surface area contributed by atoms with Crippen molar-refractivity contribution < 1.29 is 4.79 Å². The predicted octanol–water partition coefficient (Wildman–Crippen LogP) is 1.32. The second-order valence-electron chi connectivity index (χ2n) is 4.03. The zero-order valence-corrected chi connectivity index (χ0v) is 8.19. The molecule has 0 bridgehead atoms. The van der Waals surface area contributed by atoms with Gasteiger partial charge >= 0.3 is 0 Å². The van der Waals surface area contributed by atoms with E-state index < -0.39 is 0 Å². The highest BCUT2D eigenvalue weighted by Crippen LogP contribution is 2.24. The maximum absolute atomic E-state index is 11.3. The number of hydrogen-bond acceptors (Lipinski definition) is 2. The molecule has 1 aliphatic heterocycles. The van der Waals surface area contributed by atoms with Crippen LogP contribution in [0.5, 0.6) is 0 Å². The first-order chi connectivity index (χ1) is 4.91. The lowest BCUT2D eigenvalue weighted by atomic mass is 10.1. The molecule has 0 aromatic carbocycles. The van der Waals surface area contributed by atoms with Crippen LogP contribution in [0.25, 0.3) is 0 Å². The molecule has 0 radical (unpaired) electrons. The summed E-state index contributed by atoms with van der Waals surface area (Å²) in [5, 5.41) is 0.238. The van der Waals surface area contributed by atoms with E-state index >= 15 is 0 Å². The molecule has 0 aliphatic carbocycles. The Kier molecular flexibility index (Phi) is 2.19. The van der Waals surface area contributed by atoms with Gasteiger partial charge in [-0.1, -0.05) is 0 Å². The van der Waals surface area contributed by atoms with Gasteiger partial charge in [-0.25, -0.2) is 0 Å². The number of thiol groups is 1. The minimum Gasteiger partial charge on any atom is -0.337 e.